The highest BCUT2D eigenvalue weighted by molar-refractivity contribution is 5.71. The lowest BCUT2D eigenvalue weighted by atomic mass is 10.0. The molecule has 0 fully saturated rings. The summed E-state index contributed by atoms with van der Waals surface area (Å²) in [6.45, 7) is 6.69. The molecule has 6 heteroatoms. The Hall–Kier alpha value is -1.85. The SMILES string of the molecule is CCCC/C=C\CCCCCCCC(=O)OCC(COC(=O)CCCCCCCCCCCCCCCCCCCCCCCCCCCCCCC)OC(=O)CCCCCCCCCCCCCCCCCCCCCCCCCCC. The van der Waals surface area contributed by atoms with Gasteiger partial charge in [-0.05, 0) is 38.5 Å². The molecule has 0 spiro atoms. The predicted octanol–water partition coefficient (Wildman–Crippen LogP) is 26.3. The molecule has 0 bridgehead atoms. The van der Waals surface area contributed by atoms with Crippen molar-refractivity contribution in [1.82, 2.24) is 0 Å². The third kappa shape index (κ3) is 70.8. The van der Waals surface area contributed by atoms with Gasteiger partial charge in [0, 0.05) is 19.3 Å². The highest BCUT2D eigenvalue weighted by Crippen LogP contribution is 2.20. The van der Waals surface area contributed by atoms with E-state index in [9.17, 15) is 14.4 Å². The molecule has 0 heterocycles. The van der Waals surface area contributed by atoms with Crippen LogP contribution in [0.5, 0.6) is 0 Å². The zero-order chi connectivity index (χ0) is 59.9. The number of rotatable bonds is 72. The third-order valence-corrected chi connectivity index (χ3v) is 17.8. The van der Waals surface area contributed by atoms with Gasteiger partial charge >= 0.3 is 17.9 Å². The van der Waals surface area contributed by atoms with Gasteiger partial charge in [0.25, 0.3) is 0 Å². The van der Waals surface area contributed by atoms with E-state index in [0.29, 0.717) is 19.3 Å². The minimum atomic E-state index is -0.770. The molecule has 492 valence electrons. The molecule has 0 aromatic rings. The number of carbonyl (C=O) groups is 3. The lowest BCUT2D eigenvalue weighted by Crippen LogP contribution is -2.30. The Balaban J connectivity index is 4.09. The van der Waals surface area contributed by atoms with E-state index < -0.39 is 6.10 Å². The molecule has 0 aliphatic rings. The molecular formula is C77H148O6. The topological polar surface area (TPSA) is 78.9 Å². The molecule has 0 aromatic carbocycles. The standard InChI is InChI=1S/C77H148O6/c1-4-7-10-13-16-19-22-24-26-28-30-32-34-36-37-38-39-41-42-44-46-48-50-52-55-58-61-64-67-70-76(79)82-73-74(72-81-75(78)69-66-63-60-57-54-21-18-15-12-9-6-3)83-77(80)71-68-65-62-59-56-53-51-49-47-45-43-40-35-33-31-29-27-25-23-20-17-14-11-8-5-2/h15,18,74H,4-14,16-17,19-73H2,1-3H3/b18-15-. The highest BCUT2D eigenvalue weighted by Gasteiger charge is 2.20. The first-order valence-corrected chi connectivity index (χ1v) is 38.2. The van der Waals surface area contributed by atoms with Crippen LogP contribution >= 0.6 is 0 Å². The number of hydrogen-bond donors (Lipinski definition) is 0. The van der Waals surface area contributed by atoms with Gasteiger partial charge in [0.05, 0.1) is 0 Å². The van der Waals surface area contributed by atoms with Crippen molar-refractivity contribution in [3.63, 3.8) is 0 Å². The van der Waals surface area contributed by atoms with Crippen LogP contribution in [0.25, 0.3) is 0 Å². The van der Waals surface area contributed by atoms with E-state index in [0.717, 1.165) is 64.2 Å². The van der Waals surface area contributed by atoms with Gasteiger partial charge in [-0.2, -0.15) is 0 Å². The maximum absolute atomic E-state index is 13.0. The van der Waals surface area contributed by atoms with E-state index in [2.05, 4.69) is 32.9 Å². The maximum Gasteiger partial charge on any atom is 0.306 e. The molecule has 0 rings (SSSR count). The number of unbranched alkanes of at least 4 members (excludes halogenated alkanes) is 59. The van der Waals surface area contributed by atoms with Crippen LogP contribution in [-0.2, 0) is 28.6 Å². The van der Waals surface area contributed by atoms with Gasteiger partial charge in [-0.15, -0.1) is 0 Å². The number of carbonyl (C=O) groups excluding carboxylic acids is 3. The van der Waals surface area contributed by atoms with Gasteiger partial charge in [0.2, 0.25) is 0 Å². The van der Waals surface area contributed by atoms with Crippen LogP contribution in [0.1, 0.15) is 445 Å². The average Bonchev–Trinajstić information content (AvgIpc) is 3.48. The average molecular weight is 1170 g/mol. The molecule has 0 aliphatic heterocycles. The van der Waals surface area contributed by atoms with Crippen LogP contribution in [0, 0.1) is 0 Å². The van der Waals surface area contributed by atoms with E-state index in [1.54, 1.807) is 0 Å². The Kier molecular flexibility index (Phi) is 71.0. The van der Waals surface area contributed by atoms with Crippen molar-refractivity contribution in [2.45, 2.75) is 451 Å². The van der Waals surface area contributed by atoms with Crippen LogP contribution in [0.2, 0.25) is 0 Å². The first-order chi connectivity index (χ1) is 41.0. The molecule has 1 atom stereocenters. The minimum Gasteiger partial charge on any atom is -0.462 e. The van der Waals surface area contributed by atoms with Crippen LogP contribution in [0.15, 0.2) is 12.2 Å². The Morgan fingerprint density at radius 1 is 0.229 bits per heavy atom. The Morgan fingerprint density at radius 2 is 0.410 bits per heavy atom. The second-order valence-corrected chi connectivity index (χ2v) is 26.3. The molecule has 0 radical (unpaired) electrons. The van der Waals surface area contributed by atoms with Crippen molar-refractivity contribution in [2.24, 2.45) is 0 Å². The first-order valence-electron chi connectivity index (χ1n) is 38.2. The van der Waals surface area contributed by atoms with Gasteiger partial charge in [0.1, 0.15) is 13.2 Å². The summed E-state index contributed by atoms with van der Waals surface area (Å²) in [4.78, 5) is 38.4. The van der Waals surface area contributed by atoms with Gasteiger partial charge < -0.3 is 14.2 Å². The molecule has 0 saturated heterocycles. The lowest BCUT2D eigenvalue weighted by Gasteiger charge is -2.18. The fourth-order valence-corrected chi connectivity index (χ4v) is 12.0. The van der Waals surface area contributed by atoms with Crippen LogP contribution in [0.4, 0.5) is 0 Å². The number of hydrogen-bond acceptors (Lipinski definition) is 6. The van der Waals surface area contributed by atoms with Crippen molar-refractivity contribution in [3.8, 4) is 0 Å². The molecule has 0 amide bonds. The minimum absolute atomic E-state index is 0.0657. The Labute approximate surface area is 520 Å². The molecular weight excluding hydrogens is 1020 g/mol. The van der Waals surface area contributed by atoms with E-state index in [1.807, 2.05) is 0 Å². The fraction of sp³-hybridized carbons (Fsp3) is 0.935. The number of esters is 3. The Morgan fingerprint density at radius 3 is 0.639 bits per heavy atom. The van der Waals surface area contributed by atoms with Gasteiger partial charge in [-0.3, -0.25) is 14.4 Å². The molecule has 0 saturated carbocycles. The summed E-state index contributed by atoms with van der Waals surface area (Å²) >= 11 is 0. The third-order valence-electron chi connectivity index (χ3n) is 17.8. The zero-order valence-corrected chi connectivity index (χ0v) is 56.8. The normalized spacial score (nSPS) is 12.0. The van der Waals surface area contributed by atoms with Crippen LogP contribution in [-0.4, -0.2) is 37.2 Å². The lowest BCUT2D eigenvalue weighted by molar-refractivity contribution is -0.167. The molecule has 0 aromatic heterocycles. The fourth-order valence-electron chi connectivity index (χ4n) is 12.0. The van der Waals surface area contributed by atoms with Gasteiger partial charge in [0.15, 0.2) is 6.10 Å². The smallest absolute Gasteiger partial charge is 0.306 e. The van der Waals surface area contributed by atoms with Crippen molar-refractivity contribution < 1.29 is 28.6 Å². The predicted molar refractivity (Wildman–Crippen MR) is 363 cm³/mol. The second kappa shape index (κ2) is 72.6. The number of allylic oxidation sites excluding steroid dienone is 2. The number of ether oxygens (including phenoxy) is 3. The Bertz CT molecular complexity index is 1300. The van der Waals surface area contributed by atoms with Crippen molar-refractivity contribution in [1.29, 1.82) is 0 Å². The highest BCUT2D eigenvalue weighted by atomic mass is 16.6. The summed E-state index contributed by atoms with van der Waals surface area (Å²) in [5, 5.41) is 0. The molecule has 1 unspecified atom stereocenters. The summed E-state index contributed by atoms with van der Waals surface area (Å²) in [5.74, 6) is -0.839. The van der Waals surface area contributed by atoms with E-state index in [1.165, 1.54) is 340 Å². The largest absolute Gasteiger partial charge is 0.462 e. The van der Waals surface area contributed by atoms with Crippen LogP contribution in [0.3, 0.4) is 0 Å². The molecule has 0 aliphatic carbocycles. The van der Waals surface area contributed by atoms with Crippen LogP contribution < -0.4 is 0 Å². The van der Waals surface area contributed by atoms with Gasteiger partial charge in [-0.25, -0.2) is 0 Å². The first kappa shape index (κ1) is 81.2. The molecule has 0 N–H and O–H groups in total. The molecule has 6 nitrogen and oxygen atoms in total. The monoisotopic (exact) mass is 1170 g/mol. The summed E-state index contributed by atoms with van der Waals surface area (Å²) < 4.78 is 17.0. The van der Waals surface area contributed by atoms with E-state index in [4.69, 9.17) is 14.2 Å². The summed E-state index contributed by atoms with van der Waals surface area (Å²) in [7, 11) is 0. The summed E-state index contributed by atoms with van der Waals surface area (Å²) in [5.41, 5.74) is 0. The van der Waals surface area contributed by atoms with Gasteiger partial charge in [-0.1, -0.05) is 399 Å². The zero-order valence-electron chi connectivity index (χ0n) is 56.8. The van der Waals surface area contributed by atoms with Crippen molar-refractivity contribution >= 4 is 17.9 Å². The summed E-state index contributed by atoms with van der Waals surface area (Å²) in [6, 6.07) is 0. The molecule has 83 heavy (non-hydrogen) atoms. The van der Waals surface area contributed by atoms with E-state index in [-0.39, 0.29) is 31.1 Å². The van der Waals surface area contributed by atoms with Crippen molar-refractivity contribution in [3.05, 3.63) is 12.2 Å². The van der Waals surface area contributed by atoms with Crippen molar-refractivity contribution in [2.75, 3.05) is 13.2 Å². The summed E-state index contributed by atoms with van der Waals surface area (Å²) in [6.07, 6.45) is 88.6. The maximum atomic E-state index is 13.0. The van der Waals surface area contributed by atoms with E-state index >= 15 is 0 Å². The quantitative estimate of drug-likeness (QED) is 0.0261. The second-order valence-electron chi connectivity index (χ2n) is 26.3.